The molecule has 128 valence electrons. The number of hydrogen-bond donors (Lipinski definition) is 1. The maximum atomic E-state index is 3.65. The molecule has 0 fully saturated rings. The molecule has 1 nitrogen and oxygen atoms in total. The van der Waals surface area contributed by atoms with Crippen LogP contribution in [0.5, 0.6) is 0 Å². The smallest absolute Gasteiger partial charge is 0.0216 e. The Labute approximate surface area is 152 Å². The summed E-state index contributed by atoms with van der Waals surface area (Å²) in [5.74, 6) is 0. The van der Waals surface area contributed by atoms with E-state index in [2.05, 4.69) is 111 Å². The molecule has 0 heterocycles. The van der Waals surface area contributed by atoms with Crippen LogP contribution in [0.4, 0.5) is 0 Å². The van der Waals surface area contributed by atoms with Gasteiger partial charge in [0.05, 0.1) is 0 Å². The second kappa shape index (κ2) is 7.95. The van der Waals surface area contributed by atoms with E-state index >= 15 is 0 Å². The van der Waals surface area contributed by atoms with E-state index in [1.54, 1.807) is 0 Å². The minimum atomic E-state index is -0.554. The van der Waals surface area contributed by atoms with Crippen LogP contribution < -0.4 is 21.2 Å². The number of nitrogens with one attached hydrogen (secondary N) is 1. The van der Waals surface area contributed by atoms with E-state index in [1.165, 1.54) is 21.5 Å². The number of benzene rings is 3. The Morgan fingerprint density at radius 2 is 1.16 bits per heavy atom. The second-order valence-corrected chi connectivity index (χ2v) is 9.42. The minimum Gasteiger partial charge on any atom is -0.308 e. The first-order chi connectivity index (χ1) is 12.0. The Hall–Kier alpha value is -1.95. The van der Waals surface area contributed by atoms with Gasteiger partial charge in [0.25, 0.3) is 0 Å². The van der Waals surface area contributed by atoms with Gasteiger partial charge >= 0.3 is 0 Å². The van der Waals surface area contributed by atoms with E-state index in [1.807, 2.05) is 0 Å². The molecule has 0 aromatic heterocycles. The molecule has 2 heteroatoms. The van der Waals surface area contributed by atoms with Gasteiger partial charge in [0.15, 0.2) is 0 Å². The lowest BCUT2D eigenvalue weighted by atomic mass is 10.1. The fraction of sp³-hybridized carbons (Fsp3) is 0.217. The molecule has 0 amide bonds. The van der Waals surface area contributed by atoms with Gasteiger partial charge in [0, 0.05) is 12.1 Å². The van der Waals surface area contributed by atoms with Gasteiger partial charge < -0.3 is 5.32 Å². The van der Waals surface area contributed by atoms with E-state index in [4.69, 9.17) is 0 Å². The van der Waals surface area contributed by atoms with Crippen LogP contribution in [-0.2, 0) is 6.54 Å². The molecule has 3 rings (SSSR count). The molecule has 3 aromatic carbocycles. The third kappa shape index (κ3) is 4.78. The van der Waals surface area contributed by atoms with Gasteiger partial charge in [0.2, 0.25) is 0 Å². The molecule has 1 N–H and O–H groups in total. The summed E-state index contributed by atoms with van der Waals surface area (Å²) in [6.07, 6.45) is 0. The highest BCUT2D eigenvalue weighted by molar-refractivity contribution is 7.79. The number of hydrogen-bond acceptors (Lipinski definition) is 1. The molecule has 0 aliphatic carbocycles. The van der Waals surface area contributed by atoms with Crippen LogP contribution in [0.1, 0.15) is 26.3 Å². The normalized spacial score (nSPS) is 11.7. The Kier molecular flexibility index (Phi) is 5.68. The van der Waals surface area contributed by atoms with Gasteiger partial charge in [-0.25, -0.2) is 0 Å². The molecule has 0 unspecified atom stereocenters. The van der Waals surface area contributed by atoms with Crippen molar-refractivity contribution in [1.29, 1.82) is 0 Å². The molecule has 0 radical (unpaired) electrons. The van der Waals surface area contributed by atoms with Crippen LogP contribution in [0.15, 0.2) is 84.9 Å². The average molecular weight is 347 g/mol. The summed E-state index contributed by atoms with van der Waals surface area (Å²) in [4.78, 5) is 0. The summed E-state index contributed by atoms with van der Waals surface area (Å²) in [7, 11) is -0.554. The molecule has 0 atom stereocenters. The van der Waals surface area contributed by atoms with Gasteiger partial charge in [-0.1, -0.05) is 84.9 Å². The monoisotopic (exact) mass is 347 g/mol. The van der Waals surface area contributed by atoms with E-state index in [-0.39, 0.29) is 5.54 Å². The highest BCUT2D eigenvalue weighted by atomic mass is 31.1. The van der Waals surface area contributed by atoms with Crippen molar-refractivity contribution < 1.29 is 0 Å². The van der Waals surface area contributed by atoms with Crippen molar-refractivity contribution in [2.45, 2.75) is 32.9 Å². The molecule has 3 aromatic rings. The Balaban J connectivity index is 2.06. The molecular weight excluding hydrogens is 321 g/mol. The summed E-state index contributed by atoms with van der Waals surface area (Å²) in [5.41, 5.74) is 1.49. The fourth-order valence-corrected chi connectivity index (χ4v) is 5.29. The lowest BCUT2D eigenvalue weighted by molar-refractivity contribution is 0.425. The van der Waals surface area contributed by atoms with Crippen molar-refractivity contribution in [2.24, 2.45) is 0 Å². The van der Waals surface area contributed by atoms with Gasteiger partial charge in [-0.2, -0.15) is 0 Å². The second-order valence-electron chi connectivity index (χ2n) is 7.24. The van der Waals surface area contributed by atoms with Crippen molar-refractivity contribution in [3.63, 3.8) is 0 Å². The maximum absolute atomic E-state index is 3.65. The molecule has 0 aliphatic heterocycles. The van der Waals surface area contributed by atoms with Crippen molar-refractivity contribution in [1.82, 2.24) is 5.32 Å². The van der Waals surface area contributed by atoms with Crippen molar-refractivity contribution in [2.75, 3.05) is 0 Å². The maximum Gasteiger partial charge on any atom is 0.0216 e. The Morgan fingerprint density at radius 3 is 1.68 bits per heavy atom. The van der Waals surface area contributed by atoms with Crippen LogP contribution in [-0.4, -0.2) is 5.54 Å². The first kappa shape index (κ1) is 17.9. The average Bonchev–Trinajstić information content (AvgIpc) is 2.62. The third-order valence-corrected chi connectivity index (χ3v) is 6.62. The molecule has 0 aliphatic rings. The lowest BCUT2D eigenvalue weighted by Crippen LogP contribution is -2.36. The zero-order valence-electron chi connectivity index (χ0n) is 15.2. The van der Waals surface area contributed by atoms with Crippen molar-refractivity contribution >= 4 is 23.8 Å². The first-order valence-corrected chi connectivity index (χ1v) is 10.1. The molecule has 0 saturated heterocycles. The third-order valence-electron chi connectivity index (χ3n) is 4.07. The van der Waals surface area contributed by atoms with Gasteiger partial charge in [-0.05, 0) is 50.2 Å². The quantitative estimate of drug-likeness (QED) is 0.677. The van der Waals surface area contributed by atoms with Crippen LogP contribution in [0.25, 0.3) is 0 Å². The number of rotatable bonds is 5. The highest BCUT2D eigenvalue weighted by Gasteiger charge is 2.19. The van der Waals surface area contributed by atoms with Gasteiger partial charge in [0.1, 0.15) is 0 Å². The van der Waals surface area contributed by atoms with E-state index in [0.29, 0.717) is 0 Å². The Bertz CT molecular complexity index is 752. The summed E-state index contributed by atoms with van der Waals surface area (Å²) in [6.45, 7) is 7.53. The molecule has 0 saturated carbocycles. The minimum absolute atomic E-state index is 0.107. The van der Waals surface area contributed by atoms with E-state index < -0.39 is 7.92 Å². The topological polar surface area (TPSA) is 12.0 Å². The van der Waals surface area contributed by atoms with E-state index in [0.717, 1.165) is 6.54 Å². The molecular formula is C23H26NP. The molecule has 0 spiro atoms. The summed E-state index contributed by atoms with van der Waals surface area (Å²) in [5, 5.41) is 7.87. The summed E-state index contributed by atoms with van der Waals surface area (Å²) < 4.78 is 0. The van der Waals surface area contributed by atoms with Crippen LogP contribution in [0, 0.1) is 0 Å². The standard InChI is InChI=1S/C23H26NP/c1-23(2,3)24-18-19-12-10-11-17-22(19)25(20-13-6-4-7-14-20)21-15-8-5-9-16-21/h4-17,24H,18H2,1-3H3. The van der Waals surface area contributed by atoms with Crippen LogP contribution in [0.2, 0.25) is 0 Å². The summed E-state index contributed by atoms with van der Waals surface area (Å²) in [6, 6.07) is 30.6. The molecule has 0 bridgehead atoms. The largest absolute Gasteiger partial charge is 0.308 e. The first-order valence-electron chi connectivity index (χ1n) is 8.78. The Morgan fingerprint density at radius 1 is 0.680 bits per heavy atom. The predicted molar refractivity (Wildman–Crippen MR) is 112 cm³/mol. The highest BCUT2D eigenvalue weighted by Crippen LogP contribution is 2.34. The zero-order chi connectivity index (χ0) is 17.7. The SMILES string of the molecule is CC(C)(C)NCc1ccccc1P(c1ccccc1)c1ccccc1. The van der Waals surface area contributed by atoms with Crippen LogP contribution >= 0.6 is 7.92 Å². The summed E-state index contributed by atoms with van der Waals surface area (Å²) >= 11 is 0. The van der Waals surface area contributed by atoms with Crippen molar-refractivity contribution in [3.05, 3.63) is 90.5 Å². The zero-order valence-corrected chi connectivity index (χ0v) is 16.1. The van der Waals surface area contributed by atoms with Gasteiger partial charge in [-0.15, -0.1) is 0 Å². The predicted octanol–water partition coefficient (Wildman–Crippen LogP) is 4.33. The van der Waals surface area contributed by atoms with Crippen molar-refractivity contribution in [3.8, 4) is 0 Å². The van der Waals surface area contributed by atoms with E-state index in [9.17, 15) is 0 Å². The molecule has 25 heavy (non-hydrogen) atoms. The van der Waals surface area contributed by atoms with Gasteiger partial charge in [-0.3, -0.25) is 0 Å². The van der Waals surface area contributed by atoms with Crippen LogP contribution in [0.3, 0.4) is 0 Å². The fourth-order valence-electron chi connectivity index (χ4n) is 2.82. The lowest BCUT2D eigenvalue weighted by Gasteiger charge is -2.25.